The second-order valence-corrected chi connectivity index (χ2v) is 9.03. The highest BCUT2D eigenvalue weighted by Gasteiger charge is 2.39. The Labute approximate surface area is 195 Å². The molecule has 2 aromatic rings. The van der Waals surface area contributed by atoms with Crippen molar-refractivity contribution in [2.24, 2.45) is 0 Å². The van der Waals surface area contributed by atoms with Crippen molar-refractivity contribution in [3.8, 4) is 5.69 Å². The number of amides is 1. The number of nitrogens with one attached hydrogen (secondary N) is 1. The van der Waals surface area contributed by atoms with Crippen LogP contribution in [0.25, 0.3) is 5.69 Å². The lowest BCUT2D eigenvalue weighted by atomic mass is 9.79. The summed E-state index contributed by atoms with van der Waals surface area (Å²) in [6, 6.07) is 5.86. The smallest absolute Gasteiger partial charge is 0.379 e. The van der Waals surface area contributed by atoms with Crippen molar-refractivity contribution in [1.29, 1.82) is 0 Å². The van der Waals surface area contributed by atoms with E-state index in [9.17, 15) is 22.8 Å². The Morgan fingerprint density at radius 1 is 1.15 bits per heavy atom. The number of ether oxygens (including phenoxy) is 1. The van der Waals surface area contributed by atoms with E-state index in [1.165, 1.54) is 22.9 Å². The average molecular weight is 479 g/mol. The predicted molar refractivity (Wildman–Crippen MR) is 120 cm³/mol. The lowest BCUT2D eigenvalue weighted by Crippen LogP contribution is -2.59. The van der Waals surface area contributed by atoms with Gasteiger partial charge in [-0.2, -0.15) is 18.3 Å². The zero-order valence-corrected chi connectivity index (χ0v) is 19.2. The standard InChI is InChI=1S/C24H29F3N4O3/c1-17-14-20(32)21(29-31(17)19-7-5-6-18(15-19)24(25,26)27)22(33)28-16-23(8-3-2-4-9-23)30-10-12-34-13-11-30/h5-7,14-15H,2-4,8-13,16H2,1H3,(H,28,33). The summed E-state index contributed by atoms with van der Waals surface area (Å²) >= 11 is 0. The van der Waals surface area contributed by atoms with Gasteiger partial charge in [0.25, 0.3) is 5.91 Å². The number of benzene rings is 1. The van der Waals surface area contributed by atoms with E-state index in [1.807, 2.05) is 0 Å². The highest BCUT2D eigenvalue weighted by atomic mass is 19.4. The van der Waals surface area contributed by atoms with Gasteiger partial charge in [0.1, 0.15) is 0 Å². The van der Waals surface area contributed by atoms with Crippen LogP contribution >= 0.6 is 0 Å². The molecular weight excluding hydrogens is 449 g/mol. The highest BCUT2D eigenvalue weighted by molar-refractivity contribution is 5.92. The van der Waals surface area contributed by atoms with Gasteiger partial charge in [-0.25, -0.2) is 4.68 Å². The van der Waals surface area contributed by atoms with Crippen molar-refractivity contribution >= 4 is 5.91 Å². The zero-order valence-electron chi connectivity index (χ0n) is 19.2. The lowest BCUT2D eigenvalue weighted by molar-refractivity contribution is -0.137. The van der Waals surface area contributed by atoms with E-state index in [4.69, 9.17) is 4.74 Å². The summed E-state index contributed by atoms with van der Waals surface area (Å²) in [5.74, 6) is -0.621. The van der Waals surface area contributed by atoms with Crippen LogP contribution in [0.1, 0.15) is 53.8 Å². The third-order valence-electron chi connectivity index (χ3n) is 6.78. The summed E-state index contributed by atoms with van der Waals surface area (Å²) in [5.41, 5.74) is -1.47. The first-order valence-corrected chi connectivity index (χ1v) is 11.6. The molecule has 1 saturated carbocycles. The highest BCUT2D eigenvalue weighted by Crippen LogP contribution is 2.34. The van der Waals surface area contributed by atoms with Gasteiger partial charge >= 0.3 is 6.18 Å². The number of hydrogen-bond donors (Lipinski definition) is 1. The number of rotatable bonds is 5. The van der Waals surface area contributed by atoms with Crippen LogP contribution in [0.5, 0.6) is 0 Å². The van der Waals surface area contributed by atoms with Crippen molar-refractivity contribution in [2.75, 3.05) is 32.8 Å². The first-order valence-electron chi connectivity index (χ1n) is 11.6. The molecule has 0 unspecified atom stereocenters. The third-order valence-corrected chi connectivity index (χ3v) is 6.78. The van der Waals surface area contributed by atoms with Gasteiger partial charge in [0.2, 0.25) is 5.43 Å². The molecular formula is C24H29F3N4O3. The fourth-order valence-electron chi connectivity index (χ4n) is 4.96. The van der Waals surface area contributed by atoms with E-state index in [-0.39, 0.29) is 16.9 Å². The first kappa shape index (κ1) is 24.4. The number of aromatic nitrogens is 2. The molecule has 34 heavy (non-hydrogen) atoms. The van der Waals surface area contributed by atoms with E-state index in [0.29, 0.717) is 25.5 Å². The number of nitrogens with zero attached hydrogens (tertiary/aromatic N) is 3. The van der Waals surface area contributed by atoms with E-state index >= 15 is 0 Å². The minimum atomic E-state index is -4.52. The number of carbonyl (C=O) groups is 1. The Hall–Kier alpha value is -2.72. The minimum Gasteiger partial charge on any atom is -0.379 e. The van der Waals surface area contributed by atoms with E-state index in [1.54, 1.807) is 6.92 Å². The maximum absolute atomic E-state index is 13.2. The summed E-state index contributed by atoms with van der Waals surface area (Å²) in [7, 11) is 0. The van der Waals surface area contributed by atoms with Crippen LogP contribution in [0.2, 0.25) is 0 Å². The summed E-state index contributed by atoms with van der Waals surface area (Å²) < 4.78 is 46.2. The van der Waals surface area contributed by atoms with Gasteiger partial charge in [-0.15, -0.1) is 0 Å². The topological polar surface area (TPSA) is 76.5 Å². The maximum atomic E-state index is 13.2. The molecule has 1 amide bonds. The van der Waals surface area contributed by atoms with Crippen molar-refractivity contribution in [1.82, 2.24) is 20.0 Å². The van der Waals surface area contributed by atoms with Crippen molar-refractivity contribution in [3.63, 3.8) is 0 Å². The number of hydrogen-bond acceptors (Lipinski definition) is 5. The molecule has 0 atom stereocenters. The van der Waals surface area contributed by atoms with Gasteiger partial charge < -0.3 is 10.1 Å². The molecule has 0 radical (unpaired) electrons. The van der Waals surface area contributed by atoms with Crippen molar-refractivity contribution < 1.29 is 22.7 Å². The van der Waals surface area contributed by atoms with Crippen LogP contribution in [0.15, 0.2) is 35.1 Å². The van der Waals surface area contributed by atoms with Gasteiger partial charge in [0, 0.05) is 36.9 Å². The zero-order chi connectivity index (χ0) is 24.3. The Morgan fingerprint density at radius 3 is 2.53 bits per heavy atom. The Balaban J connectivity index is 1.58. The van der Waals surface area contributed by atoms with Crippen LogP contribution < -0.4 is 10.7 Å². The predicted octanol–water partition coefficient (Wildman–Crippen LogP) is 3.32. The fourth-order valence-corrected chi connectivity index (χ4v) is 4.96. The second-order valence-electron chi connectivity index (χ2n) is 9.03. The van der Waals surface area contributed by atoms with Crippen molar-refractivity contribution in [2.45, 2.75) is 50.7 Å². The summed E-state index contributed by atoms with van der Waals surface area (Å²) in [5, 5.41) is 7.06. The minimum absolute atomic E-state index is 0.124. The third kappa shape index (κ3) is 5.17. The second kappa shape index (κ2) is 9.87. The van der Waals surface area contributed by atoms with Crippen LogP contribution in [0, 0.1) is 6.92 Å². The molecule has 1 saturated heterocycles. The molecule has 1 aliphatic carbocycles. The number of aryl methyl sites for hydroxylation is 1. The molecule has 4 rings (SSSR count). The molecule has 1 N–H and O–H groups in total. The van der Waals surface area contributed by atoms with Gasteiger partial charge in [-0.05, 0) is 38.0 Å². The van der Waals surface area contributed by atoms with Crippen LogP contribution in [-0.4, -0.2) is 59.0 Å². The number of alkyl halides is 3. The molecule has 7 nitrogen and oxygen atoms in total. The molecule has 2 fully saturated rings. The average Bonchev–Trinajstić information content (AvgIpc) is 2.83. The van der Waals surface area contributed by atoms with Crippen LogP contribution in [-0.2, 0) is 10.9 Å². The normalized spacial score (nSPS) is 19.1. The molecule has 0 bridgehead atoms. The maximum Gasteiger partial charge on any atom is 0.416 e. The van der Waals surface area contributed by atoms with Gasteiger partial charge in [0.05, 0.1) is 24.5 Å². The molecule has 1 aromatic heterocycles. The fraction of sp³-hybridized carbons (Fsp3) is 0.542. The molecule has 1 aliphatic heterocycles. The van der Waals surface area contributed by atoms with Crippen molar-refractivity contribution in [3.05, 3.63) is 57.5 Å². The quantitative estimate of drug-likeness (QED) is 0.714. The molecule has 10 heteroatoms. The first-order chi connectivity index (χ1) is 16.2. The Kier molecular flexibility index (Phi) is 7.09. The van der Waals surface area contributed by atoms with E-state index in [0.717, 1.165) is 57.3 Å². The molecule has 2 heterocycles. The van der Waals surface area contributed by atoms with Gasteiger partial charge in [-0.1, -0.05) is 25.3 Å². The Morgan fingerprint density at radius 2 is 1.85 bits per heavy atom. The van der Waals surface area contributed by atoms with E-state index in [2.05, 4.69) is 15.3 Å². The van der Waals surface area contributed by atoms with Gasteiger partial charge in [0.15, 0.2) is 5.69 Å². The van der Waals surface area contributed by atoms with Gasteiger partial charge in [-0.3, -0.25) is 14.5 Å². The van der Waals surface area contributed by atoms with Crippen LogP contribution in [0.4, 0.5) is 13.2 Å². The number of morpholine rings is 1. The summed E-state index contributed by atoms with van der Waals surface area (Å²) in [4.78, 5) is 28.0. The van der Waals surface area contributed by atoms with E-state index < -0.39 is 23.1 Å². The SMILES string of the molecule is Cc1cc(=O)c(C(=O)NCC2(N3CCOCC3)CCCCC2)nn1-c1cccc(C(F)(F)F)c1. The summed E-state index contributed by atoms with van der Waals surface area (Å²) in [6.45, 7) is 4.83. The molecule has 184 valence electrons. The largest absolute Gasteiger partial charge is 0.416 e. The van der Waals surface area contributed by atoms with Crippen LogP contribution in [0.3, 0.4) is 0 Å². The molecule has 1 aromatic carbocycles. The lowest BCUT2D eigenvalue weighted by Gasteiger charge is -2.48. The monoisotopic (exact) mass is 478 g/mol. The molecule has 2 aliphatic rings. The summed E-state index contributed by atoms with van der Waals surface area (Å²) in [6.07, 6.45) is 0.668. The number of halogens is 3. The number of carbonyl (C=O) groups excluding carboxylic acids is 1. The molecule has 0 spiro atoms. The Bertz CT molecular complexity index is 1090.